The molecule has 0 radical (unpaired) electrons. The van der Waals surface area contributed by atoms with Gasteiger partial charge in [-0.15, -0.1) is 38.0 Å². The number of hydrogen-bond acceptors (Lipinski definition) is 5. The number of nitrogens with zero attached hydrogens (tertiary/aromatic N) is 1. The number of hydrogen-bond donors (Lipinski definition) is 1. The summed E-state index contributed by atoms with van der Waals surface area (Å²) in [5.41, 5.74) is 1.68. The standard InChI is InChI=1S/C19H21F3N2O3S.2ClH/c1-28(25,26)17-8-4-15(5-9-17)18(24-12-10-23-11-13-24)14-2-6-16(7-3-14)27-19(20,21)22;;/h2-9,18,23H,10-13H2,1H3;2*1H/t18-;;/m1../s1. The van der Waals surface area contributed by atoms with Crippen molar-refractivity contribution in [3.8, 4) is 5.75 Å². The normalized spacial score (nSPS) is 16.1. The smallest absolute Gasteiger partial charge is 0.406 e. The molecular formula is C19H23Cl2F3N2O3S. The van der Waals surface area contributed by atoms with Gasteiger partial charge in [0.2, 0.25) is 0 Å². The summed E-state index contributed by atoms with van der Waals surface area (Å²) >= 11 is 0. The average Bonchev–Trinajstić information content (AvgIpc) is 2.63. The van der Waals surface area contributed by atoms with Gasteiger partial charge in [0.15, 0.2) is 9.84 Å². The van der Waals surface area contributed by atoms with Crippen molar-refractivity contribution in [3.63, 3.8) is 0 Å². The number of halogens is 5. The molecule has 1 aliphatic heterocycles. The topological polar surface area (TPSA) is 58.6 Å². The third kappa shape index (κ3) is 7.02. The molecule has 168 valence electrons. The van der Waals surface area contributed by atoms with Gasteiger partial charge in [0.05, 0.1) is 10.9 Å². The van der Waals surface area contributed by atoms with Crippen LogP contribution in [0.5, 0.6) is 5.75 Å². The van der Waals surface area contributed by atoms with E-state index < -0.39 is 16.2 Å². The molecule has 0 unspecified atom stereocenters. The molecule has 30 heavy (non-hydrogen) atoms. The number of sulfone groups is 1. The molecule has 3 rings (SSSR count). The predicted molar refractivity (Wildman–Crippen MR) is 113 cm³/mol. The van der Waals surface area contributed by atoms with Crippen LogP contribution in [0.2, 0.25) is 0 Å². The molecule has 0 aliphatic carbocycles. The maximum atomic E-state index is 12.4. The Hall–Kier alpha value is -1.52. The van der Waals surface area contributed by atoms with Crippen molar-refractivity contribution in [1.29, 1.82) is 0 Å². The van der Waals surface area contributed by atoms with Gasteiger partial charge in [-0.1, -0.05) is 24.3 Å². The lowest BCUT2D eigenvalue weighted by Gasteiger charge is -2.35. The van der Waals surface area contributed by atoms with E-state index in [0.717, 1.165) is 43.6 Å². The maximum Gasteiger partial charge on any atom is 0.573 e. The van der Waals surface area contributed by atoms with Crippen molar-refractivity contribution < 1.29 is 26.3 Å². The van der Waals surface area contributed by atoms with Gasteiger partial charge in [0, 0.05) is 32.4 Å². The number of nitrogens with one attached hydrogen (secondary N) is 1. The zero-order valence-electron chi connectivity index (χ0n) is 16.1. The molecule has 1 aliphatic rings. The molecule has 0 amide bonds. The van der Waals surface area contributed by atoms with Gasteiger partial charge >= 0.3 is 6.36 Å². The van der Waals surface area contributed by atoms with Crippen LogP contribution in [0.15, 0.2) is 53.4 Å². The molecule has 1 atom stereocenters. The van der Waals surface area contributed by atoms with E-state index in [0.29, 0.717) is 0 Å². The first-order valence-electron chi connectivity index (χ1n) is 8.74. The van der Waals surface area contributed by atoms with E-state index in [4.69, 9.17) is 0 Å². The summed E-state index contributed by atoms with van der Waals surface area (Å²) < 4.78 is 64.6. The fourth-order valence-corrected chi connectivity index (χ4v) is 3.93. The summed E-state index contributed by atoms with van der Waals surface area (Å²) in [5.74, 6) is -0.275. The summed E-state index contributed by atoms with van der Waals surface area (Å²) in [4.78, 5) is 2.44. The van der Waals surface area contributed by atoms with Gasteiger partial charge in [0.25, 0.3) is 0 Å². The van der Waals surface area contributed by atoms with Crippen molar-refractivity contribution in [3.05, 3.63) is 59.7 Å². The van der Waals surface area contributed by atoms with Gasteiger partial charge in [-0.25, -0.2) is 8.42 Å². The number of piperazine rings is 1. The largest absolute Gasteiger partial charge is 0.573 e. The Balaban J connectivity index is 0.00000225. The summed E-state index contributed by atoms with van der Waals surface area (Å²) in [7, 11) is -3.30. The van der Waals surface area contributed by atoms with Crippen LogP contribution in [0.4, 0.5) is 13.2 Å². The molecule has 1 fully saturated rings. The number of rotatable bonds is 5. The molecule has 1 N–H and O–H groups in total. The maximum absolute atomic E-state index is 12.4. The third-order valence-electron chi connectivity index (χ3n) is 4.57. The molecule has 2 aromatic carbocycles. The molecule has 0 bridgehead atoms. The summed E-state index contributed by atoms with van der Waals surface area (Å²) in [6.45, 7) is 3.12. The van der Waals surface area contributed by atoms with Crippen molar-refractivity contribution in [1.82, 2.24) is 10.2 Å². The molecule has 1 heterocycles. The van der Waals surface area contributed by atoms with E-state index in [1.165, 1.54) is 12.1 Å². The average molecular weight is 487 g/mol. The van der Waals surface area contributed by atoms with Crippen molar-refractivity contribution in [2.75, 3.05) is 32.4 Å². The molecule has 2 aromatic rings. The summed E-state index contributed by atoms with van der Waals surface area (Å²) in [6.07, 6.45) is -3.59. The highest BCUT2D eigenvalue weighted by molar-refractivity contribution is 7.90. The first-order chi connectivity index (χ1) is 13.1. The minimum Gasteiger partial charge on any atom is -0.406 e. The summed E-state index contributed by atoms with van der Waals surface area (Å²) in [5, 5.41) is 3.27. The van der Waals surface area contributed by atoms with Crippen molar-refractivity contribution in [2.45, 2.75) is 17.3 Å². The highest BCUT2D eigenvalue weighted by Gasteiger charge is 2.31. The van der Waals surface area contributed by atoms with Crippen LogP contribution in [-0.2, 0) is 9.84 Å². The molecule has 5 nitrogen and oxygen atoms in total. The fraction of sp³-hybridized carbons (Fsp3) is 0.368. The Kier molecular flexibility index (Phi) is 9.44. The molecule has 0 aromatic heterocycles. The Morgan fingerprint density at radius 3 is 1.83 bits per heavy atom. The quantitative estimate of drug-likeness (QED) is 0.695. The van der Waals surface area contributed by atoms with Crippen LogP contribution in [0.3, 0.4) is 0 Å². The van der Waals surface area contributed by atoms with Crippen LogP contribution >= 0.6 is 24.8 Å². The fourth-order valence-electron chi connectivity index (χ4n) is 3.30. The Bertz CT molecular complexity index is 902. The molecular weight excluding hydrogens is 464 g/mol. The van der Waals surface area contributed by atoms with Gasteiger partial charge in [-0.05, 0) is 35.4 Å². The van der Waals surface area contributed by atoms with Crippen molar-refractivity contribution in [2.24, 2.45) is 0 Å². The van der Waals surface area contributed by atoms with E-state index in [1.54, 1.807) is 36.4 Å². The monoisotopic (exact) mass is 486 g/mol. The van der Waals surface area contributed by atoms with Gasteiger partial charge in [-0.3, -0.25) is 4.90 Å². The van der Waals surface area contributed by atoms with Gasteiger partial charge < -0.3 is 10.1 Å². The minimum absolute atomic E-state index is 0. The highest BCUT2D eigenvalue weighted by Crippen LogP contribution is 2.32. The molecule has 11 heteroatoms. The third-order valence-corrected chi connectivity index (χ3v) is 5.70. The first kappa shape index (κ1) is 26.5. The van der Waals surface area contributed by atoms with E-state index in [9.17, 15) is 21.6 Å². The zero-order chi connectivity index (χ0) is 20.4. The van der Waals surface area contributed by atoms with Crippen LogP contribution in [0.25, 0.3) is 0 Å². The Labute approximate surface area is 186 Å². The lowest BCUT2D eigenvalue weighted by Crippen LogP contribution is -2.45. The van der Waals surface area contributed by atoms with E-state index in [1.807, 2.05) is 0 Å². The zero-order valence-corrected chi connectivity index (χ0v) is 18.5. The van der Waals surface area contributed by atoms with Crippen LogP contribution in [-0.4, -0.2) is 52.1 Å². The Morgan fingerprint density at radius 2 is 1.40 bits per heavy atom. The van der Waals surface area contributed by atoms with Crippen LogP contribution in [0, 0.1) is 0 Å². The lowest BCUT2D eigenvalue weighted by atomic mass is 9.96. The second-order valence-electron chi connectivity index (χ2n) is 6.65. The van der Waals surface area contributed by atoms with Crippen LogP contribution in [0.1, 0.15) is 17.2 Å². The summed E-state index contributed by atoms with van der Waals surface area (Å²) in [6, 6.07) is 12.2. The molecule has 0 spiro atoms. The SMILES string of the molecule is CS(=O)(=O)c1ccc([C@@H](c2ccc(OC(F)(F)F)cc2)N2CCNCC2)cc1.Cl.Cl. The lowest BCUT2D eigenvalue weighted by molar-refractivity contribution is -0.274. The van der Waals surface area contributed by atoms with Gasteiger partial charge in [-0.2, -0.15) is 0 Å². The first-order valence-corrected chi connectivity index (χ1v) is 10.6. The van der Waals surface area contributed by atoms with Crippen molar-refractivity contribution >= 4 is 34.7 Å². The molecule has 0 saturated carbocycles. The number of ether oxygens (including phenoxy) is 1. The van der Waals surface area contributed by atoms with E-state index in [-0.39, 0.29) is 41.5 Å². The van der Waals surface area contributed by atoms with Crippen LogP contribution < -0.4 is 10.1 Å². The number of benzene rings is 2. The van der Waals surface area contributed by atoms with E-state index >= 15 is 0 Å². The Morgan fingerprint density at radius 1 is 0.933 bits per heavy atom. The number of alkyl halides is 3. The second kappa shape index (κ2) is 10.7. The minimum atomic E-state index is -4.74. The molecule has 1 saturated heterocycles. The second-order valence-corrected chi connectivity index (χ2v) is 8.66. The van der Waals surface area contributed by atoms with Gasteiger partial charge in [0.1, 0.15) is 5.75 Å². The predicted octanol–water partition coefficient (Wildman–Crippen LogP) is 3.83. The highest BCUT2D eigenvalue weighted by atomic mass is 35.5. The van der Waals surface area contributed by atoms with E-state index in [2.05, 4.69) is 15.0 Å².